The zero-order valence-corrected chi connectivity index (χ0v) is 19.0. The van der Waals surface area contributed by atoms with Crippen LogP contribution in [0.2, 0.25) is 0 Å². The molecule has 0 aromatic heterocycles. The first-order valence-electron chi connectivity index (χ1n) is 11.1. The molecule has 4 rings (SSSR count). The van der Waals surface area contributed by atoms with Crippen LogP contribution in [0.5, 0.6) is 0 Å². The van der Waals surface area contributed by atoms with Crippen LogP contribution in [0.15, 0.2) is 60.7 Å². The Bertz CT molecular complexity index is 831. The van der Waals surface area contributed by atoms with E-state index in [2.05, 4.69) is 29.2 Å². The van der Waals surface area contributed by atoms with E-state index in [0.29, 0.717) is 0 Å². The molecule has 2 amide bonds. The Morgan fingerprint density at radius 3 is 2.13 bits per heavy atom. The first-order chi connectivity index (χ1) is 15.1. The van der Waals surface area contributed by atoms with E-state index in [4.69, 9.17) is 0 Å². The van der Waals surface area contributed by atoms with Crippen molar-refractivity contribution in [3.8, 4) is 0 Å². The van der Waals surface area contributed by atoms with Crippen molar-refractivity contribution in [3.63, 3.8) is 0 Å². The Labute approximate surface area is 189 Å². The maximum Gasteiger partial charge on any atom is 0.239 e. The van der Waals surface area contributed by atoms with Gasteiger partial charge in [0.2, 0.25) is 11.8 Å². The Hall–Kier alpha value is -2.31. The van der Waals surface area contributed by atoms with Gasteiger partial charge in [0.25, 0.3) is 0 Å². The quantitative estimate of drug-likeness (QED) is 0.696. The summed E-state index contributed by atoms with van der Waals surface area (Å²) >= 11 is 1.90. The maximum atomic E-state index is 13.4. The monoisotopic (exact) mass is 437 g/mol. The van der Waals surface area contributed by atoms with Crippen molar-refractivity contribution in [3.05, 3.63) is 71.8 Å². The molecule has 2 aliphatic heterocycles. The number of carbonyl (C=O) groups excluding carboxylic acids is 2. The zero-order chi connectivity index (χ0) is 21.6. The number of hydrogen-bond acceptors (Lipinski definition) is 4. The van der Waals surface area contributed by atoms with Crippen LogP contribution in [0, 0.1) is 0 Å². The Balaban J connectivity index is 1.48. The van der Waals surface area contributed by atoms with E-state index in [1.165, 1.54) is 0 Å². The highest BCUT2D eigenvalue weighted by molar-refractivity contribution is 7.99. The van der Waals surface area contributed by atoms with Gasteiger partial charge in [-0.2, -0.15) is 11.8 Å². The van der Waals surface area contributed by atoms with Gasteiger partial charge < -0.3 is 9.80 Å². The maximum absolute atomic E-state index is 13.4. The highest BCUT2D eigenvalue weighted by Crippen LogP contribution is 2.28. The SMILES string of the molecule is CN(C(=O)CN1CCCC1C(=O)N1CCSCC1)C(c1ccccc1)c1ccccc1. The van der Waals surface area contributed by atoms with Crippen LogP contribution < -0.4 is 0 Å². The lowest BCUT2D eigenvalue weighted by Gasteiger charge is -2.34. The number of likely N-dealkylation sites (N-methyl/N-ethyl adjacent to an activating group) is 1. The molecule has 0 spiro atoms. The van der Waals surface area contributed by atoms with Gasteiger partial charge in [-0.15, -0.1) is 0 Å². The lowest BCUT2D eigenvalue weighted by atomic mass is 9.97. The second-order valence-corrected chi connectivity index (χ2v) is 9.52. The minimum Gasteiger partial charge on any atom is -0.340 e. The van der Waals surface area contributed by atoms with E-state index in [1.54, 1.807) is 0 Å². The highest BCUT2D eigenvalue weighted by Gasteiger charge is 2.36. The average Bonchev–Trinajstić information content (AvgIpc) is 3.28. The van der Waals surface area contributed by atoms with E-state index < -0.39 is 0 Å². The summed E-state index contributed by atoms with van der Waals surface area (Å²) in [6, 6.07) is 20.0. The lowest BCUT2D eigenvalue weighted by molar-refractivity contribution is -0.138. The summed E-state index contributed by atoms with van der Waals surface area (Å²) in [5.41, 5.74) is 2.17. The van der Waals surface area contributed by atoms with Crippen molar-refractivity contribution in [2.45, 2.75) is 24.9 Å². The molecule has 5 nitrogen and oxygen atoms in total. The van der Waals surface area contributed by atoms with E-state index in [0.717, 1.165) is 55.1 Å². The van der Waals surface area contributed by atoms with E-state index in [-0.39, 0.29) is 30.4 Å². The minimum absolute atomic E-state index is 0.0478. The Morgan fingerprint density at radius 1 is 0.968 bits per heavy atom. The molecular weight excluding hydrogens is 406 g/mol. The van der Waals surface area contributed by atoms with Gasteiger partial charge in [-0.25, -0.2) is 0 Å². The molecule has 6 heteroatoms. The molecule has 164 valence electrons. The molecule has 2 saturated heterocycles. The summed E-state index contributed by atoms with van der Waals surface area (Å²) in [5.74, 6) is 2.27. The Morgan fingerprint density at radius 2 is 1.55 bits per heavy atom. The molecule has 2 fully saturated rings. The van der Waals surface area contributed by atoms with Crippen molar-refractivity contribution < 1.29 is 9.59 Å². The van der Waals surface area contributed by atoms with E-state index in [9.17, 15) is 9.59 Å². The first-order valence-corrected chi connectivity index (χ1v) is 12.3. The standard InChI is InChI=1S/C25H31N3O2S/c1-26(24(20-9-4-2-5-10-20)21-11-6-3-7-12-21)23(29)19-28-14-8-13-22(28)25(30)27-15-17-31-18-16-27/h2-7,9-12,22,24H,8,13-19H2,1H3. The Kier molecular flexibility index (Phi) is 7.30. The van der Waals surface area contributed by atoms with Crippen molar-refractivity contribution >= 4 is 23.6 Å². The van der Waals surface area contributed by atoms with Crippen LogP contribution in [0.4, 0.5) is 0 Å². The molecule has 2 aromatic rings. The number of rotatable bonds is 6. The molecule has 0 bridgehead atoms. The molecule has 0 N–H and O–H groups in total. The van der Waals surface area contributed by atoms with Crippen LogP contribution >= 0.6 is 11.8 Å². The number of likely N-dealkylation sites (tertiary alicyclic amines) is 1. The summed E-state index contributed by atoms with van der Waals surface area (Å²) < 4.78 is 0. The van der Waals surface area contributed by atoms with Crippen molar-refractivity contribution in [2.24, 2.45) is 0 Å². The summed E-state index contributed by atoms with van der Waals surface area (Å²) in [6.07, 6.45) is 1.82. The predicted molar refractivity (Wildman–Crippen MR) is 126 cm³/mol. The van der Waals surface area contributed by atoms with Crippen LogP contribution in [0.25, 0.3) is 0 Å². The fourth-order valence-corrected chi connectivity index (χ4v) is 5.53. The topological polar surface area (TPSA) is 43.9 Å². The van der Waals surface area contributed by atoms with E-state index >= 15 is 0 Å². The third kappa shape index (κ3) is 5.13. The number of carbonyl (C=O) groups is 2. The normalized spacial score (nSPS) is 19.5. The van der Waals surface area contributed by atoms with E-state index in [1.807, 2.05) is 65.0 Å². The van der Waals surface area contributed by atoms with Gasteiger partial charge in [0.05, 0.1) is 18.6 Å². The summed E-state index contributed by atoms with van der Waals surface area (Å²) in [4.78, 5) is 32.4. The van der Waals surface area contributed by atoms with Crippen LogP contribution in [-0.2, 0) is 9.59 Å². The van der Waals surface area contributed by atoms with Gasteiger partial charge in [0.1, 0.15) is 0 Å². The fourth-order valence-electron chi connectivity index (χ4n) is 4.63. The van der Waals surface area contributed by atoms with Gasteiger partial charge in [-0.05, 0) is 30.5 Å². The van der Waals surface area contributed by atoms with Crippen LogP contribution in [-0.4, -0.2) is 77.3 Å². The van der Waals surface area contributed by atoms with Crippen LogP contribution in [0.1, 0.15) is 30.0 Å². The molecule has 1 unspecified atom stereocenters. The number of hydrogen-bond donors (Lipinski definition) is 0. The summed E-state index contributed by atoms with van der Waals surface area (Å²) in [5, 5.41) is 0. The number of thioether (sulfide) groups is 1. The van der Waals surface area contributed by atoms with Crippen molar-refractivity contribution in [1.29, 1.82) is 0 Å². The minimum atomic E-state index is -0.160. The number of nitrogens with zero attached hydrogens (tertiary/aromatic N) is 3. The smallest absolute Gasteiger partial charge is 0.239 e. The summed E-state index contributed by atoms with van der Waals surface area (Å²) in [7, 11) is 1.88. The molecule has 0 radical (unpaired) electrons. The number of benzene rings is 2. The first kappa shape index (κ1) is 21.9. The molecular formula is C25H31N3O2S. The van der Waals surface area contributed by atoms with Gasteiger partial charge in [0, 0.05) is 31.6 Å². The molecule has 0 aliphatic carbocycles. The fraction of sp³-hybridized carbons (Fsp3) is 0.440. The number of amides is 2. The highest BCUT2D eigenvalue weighted by atomic mass is 32.2. The van der Waals surface area contributed by atoms with Crippen molar-refractivity contribution in [2.75, 3.05) is 44.7 Å². The largest absolute Gasteiger partial charge is 0.340 e. The molecule has 31 heavy (non-hydrogen) atoms. The zero-order valence-electron chi connectivity index (χ0n) is 18.2. The molecule has 0 saturated carbocycles. The van der Waals surface area contributed by atoms with Crippen LogP contribution in [0.3, 0.4) is 0 Å². The van der Waals surface area contributed by atoms with Gasteiger partial charge in [-0.1, -0.05) is 60.7 Å². The molecule has 2 aliphatic rings. The van der Waals surface area contributed by atoms with Gasteiger partial charge in [0.15, 0.2) is 0 Å². The molecule has 2 aromatic carbocycles. The molecule has 2 heterocycles. The summed E-state index contributed by atoms with van der Waals surface area (Å²) in [6.45, 7) is 2.74. The third-order valence-electron chi connectivity index (χ3n) is 6.32. The predicted octanol–water partition coefficient (Wildman–Crippen LogP) is 3.27. The second-order valence-electron chi connectivity index (χ2n) is 8.29. The van der Waals surface area contributed by atoms with Crippen molar-refractivity contribution in [1.82, 2.24) is 14.7 Å². The average molecular weight is 438 g/mol. The molecule has 1 atom stereocenters. The van der Waals surface area contributed by atoms with Gasteiger partial charge in [-0.3, -0.25) is 14.5 Å². The lowest BCUT2D eigenvalue weighted by Crippen LogP contribution is -2.50. The third-order valence-corrected chi connectivity index (χ3v) is 7.26. The second kappa shape index (κ2) is 10.3. The van der Waals surface area contributed by atoms with Gasteiger partial charge >= 0.3 is 0 Å².